The van der Waals surface area contributed by atoms with Crippen molar-refractivity contribution in [2.75, 3.05) is 13.2 Å². The molecule has 5 nitrogen and oxygen atoms in total. The van der Waals surface area contributed by atoms with Crippen LogP contribution in [-0.4, -0.2) is 49.3 Å². The Kier molecular flexibility index (Phi) is 6.92. The van der Waals surface area contributed by atoms with E-state index >= 15 is 0 Å². The van der Waals surface area contributed by atoms with Crippen molar-refractivity contribution in [1.82, 2.24) is 0 Å². The number of hydrogen-bond acceptors (Lipinski definition) is 5. The summed E-state index contributed by atoms with van der Waals surface area (Å²) in [4.78, 5) is 24.5. The molecule has 1 aromatic carbocycles. The second-order valence-corrected chi connectivity index (χ2v) is 10.3. The maximum Gasteiger partial charge on any atom is 0.494 e. The van der Waals surface area contributed by atoms with Crippen molar-refractivity contribution >= 4 is 37.6 Å². The molecule has 33 heavy (non-hydrogen) atoms. The van der Waals surface area contributed by atoms with Gasteiger partial charge in [0.25, 0.3) is 0 Å². The number of ketones is 2. The van der Waals surface area contributed by atoms with Crippen LogP contribution in [0.25, 0.3) is 0 Å². The molecule has 10 heteroatoms. The van der Waals surface area contributed by atoms with Gasteiger partial charge >= 0.3 is 13.3 Å². The molecule has 0 N–H and O–H groups in total. The van der Waals surface area contributed by atoms with Crippen LogP contribution in [0.1, 0.15) is 64.0 Å². The molecule has 1 aliphatic carbocycles. The third-order valence-electron chi connectivity index (χ3n) is 7.49. The van der Waals surface area contributed by atoms with E-state index in [1.165, 1.54) is 0 Å². The van der Waals surface area contributed by atoms with E-state index in [0.29, 0.717) is 0 Å². The lowest BCUT2D eigenvalue weighted by Crippen LogP contribution is -2.52. The number of Topliss-reactive ketones (excluding diaryl/α,β-unsaturated/α-hetero) is 2. The highest BCUT2D eigenvalue weighted by molar-refractivity contribution is 7.59. The van der Waals surface area contributed by atoms with Crippen LogP contribution in [0.4, 0.5) is 13.2 Å². The van der Waals surface area contributed by atoms with E-state index in [4.69, 9.17) is 14.0 Å². The van der Waals surface area contributed by atoms with Crippen LogP contribution in [-0.2, 0) is 30.1 Å². The Balaban J connectivity index is 0.00000306. The van der Waals surface area contributed by atoms with E-state index in [1.54, 1.807) is 0 Å². The lowest BCUT2D eigenvalue weighted by atomic mass is 9.73. The molecule has 0 bridgehead atoms. The number of rotatable bonds is 6. The second kappa shape index (κ2) is 8.70. The molecule has 0 aromatic heterocycles. The smallest absolute Gasteiger partial charge is 0.399 e. The monoisotopic (exact) mass is 486 g/mol. The predicted molar refractivity (Wildman–Crippen MR) is 122 cm³/mol. The molecule has 2 aliphatic heterocycles. The van der Waals surface area contributed by atoms with Crippen LogP contribution in [0.3, 0.4) is 0 Å². The summed E-state index contributed by atoms with van der Waals surface area (Å²) < 4.78 is 55.5. The highest BCUT2D eigenvalue weighted by Crippen LogP contribution is 2.42. The largest absolute Gasteiger partial charge is 0.494 e. The summed E-state index contributed by atoms with van der Waals surface area (Å²) in [5.41, 5.74) is 0.792. The lowest BCUT2D eigenvalue weighted by molar-refractivity contribution is -0.186. The number of aryl methyl sites for hydroxylation is 1. The quantitative estimate of drug-likeness (QED) is 0.575. The molecule has 0 saturated carbocycles. The van der Waals surface area contributed by atoms with Gasteiger partial charge in [-0.1, -0.05) is 18.2 Å². The van der Waals surface area contributed by atoms with Gasteiger partial charge < -0.3 is 14.0 Å². The van der Waals surface area contributed by atoms with Crippen LogP contribution in [0.15, 0.2) is 18.2 Å². The number of carbonyl (C=O) groups is 2. The average Bonchev–Trinajstić information content (AvgIpc) is 3.13. The van der Waals surface area contributed by atoms with E-state index in [1.807, 2.05) is 45.9 Å². The van der Waals surface area contributed by atoms with Crippen LogP contribution >= 0.6 is 13.5 Å². The van der Waals surface area contributed by atoms with Crippen molar-refractivity contribution in [1.29, 1.82) is 0 Å². The SMILES string of the molecule is CC1(C)OB(c2ccc3c(c2)CC[C@@H]3CC(=O)C2(CC(=O)C(F)(F)F)COC2)OC1(C)C.S. The number of ether oxygens (including phenoxy) is 1. The molecule has 1 atom stereocenters. The standard InChI is InChI=1S/C23H28BF3O5.H2S/c1-20(2)21(3,4)32-24(31-20)16-7-8-17-14(9-16)5-6-15(17)10-18(28)22(12-30-13-22)11-19(29)23(25,26)27;/h7-9,15H,5-6,10-13H2,1-4H3;1H2/t15-;/m1./s1. The molecular formula is C23H30BF3O5S. The third kappa shape index (κ3) is 4.76. The fourth-order valence-corrected chi connectivity index (χ4v) is 4.62. The van der Waals surface area contributed by atoms with Crippen molar-refractivity contribution in [2.24, 2.45) is 5.41 Å². The summed E-state index contributed by atoms with van der Waals surface area (Å²) in [5, 5.41) is 0. The van der Waals surface area contributed by atoms with Gasteiger partial charge in [0.15, 0.2) is 0 Å². The van der Waals surface area contributed by atoms with Crippen LogP contribution in [0.5, 0.6) is 0 Å². The molecule has 0 radical (unpaired) electrons. The summed E-state index contributed by atoms with van der Waals surface area (Å²) >= 11 is 0. The minimum absolute atomic E-state index is 0. The Morgan fingerprint density at radius 1 is 1.09 bits per heavy atom. The topological polar surface area (TPSA) is 61.8 Å². The van der Waals surface area contributed by atoms with Gasteiger partial charge in [-0.25, -0.2) is 0 Å². The Morgan fingerprint density at radius 3 is 2.21 bits per heavy atom. The van der Waals surface area contributed by atoms with Gasteiger partial charge in [-0.2, -0.15) is 26.7 Å². The minimum atomic E-state index is -4.94. The zero-order valence-electron chi connectivity index (χ0n) is 19.3. The lowest BCUT2D eigenvalue weighted by Gasteiger charge is -2.40. The number of benzene rings is 1. The maximum atomic E-state index is 13.0. The molecule has 0 spiro atoms. The molecule has 2 fully saturated rings. The molecule has 4 rings (SSSR count). The van der Waals surface area contributed by atoms with E-state index < -0.39 is 42.1 Å². The number of fused-ring (bicyclic) bond motifs is 1. The molecule has 0 amide bonds. The molecule has 182 valence electrons. The molecular weight excluding hydrogens is 456 g/mol. The number of hydrogen-bond donors (Lipinski definition) is 0. The normalized spacial score (nSPS) is 24.6. The van der Waals surface area contributed by atoms with Crippen molar-refractivity contribution in [3.63, 3.8) is 0 Å². The highest BCUT2D eigenvalue weighted by atomic mass is 32.1. The summed E-state index contributed by atoms with van der Waals surface area (Å²) in [7, 11) is -0.477. The summed E-state index contributed by atoms with van der Waals surface area (Å²) in [6.07, 6.45) is -4.16. The van der Waals surface area contributed by atoms with E-state index in [2.05, 4.69) is 0 Å². The summed E-state index contributed by atoms with van der Waals surface area (Å²) in [6.45, 7) is 7.70. The fourth-order valence-electron chi connectivity index (χ4n) is 4.62. The van der Waals surface area contributed by atoms with E-state index in [-0.39, 0.29) is 44.8 Å². The van der Waals surface area contributed by atoms with Crippen molar-refractivity contribution in [3.05, 3.63) is 29.3 Å². The van der Waals surface area contributed by atoms with Crippen molar-refractivity contribution < 1.29 is 36.8 Å². The Labute approximate surface area is 199 Å². The zero-order valence-corrected chi connectivity index (χ0v) is 20.3. The summed E-state index contributed by atoms with van der Waals surface area (Å²) in [6, 6.07) is 5.93. The van der Waals surface area contributed by atoms with E-state index in [0.717, 1.165) is 29.4 Å². The first kappa shape index (κ1) is 26.3. The Morgan fingerprint density at radius 2 is 1.70 bits per heavy atom. The van der Waals surface area contributed by atoms with Crippen molar-refractivity contribution in [3.8, 4) is 0 Å². The number of carbonyl (C=O) groups excluding carboxylic acids is 2. The maximum absolute atomic E-state index is 13.0. The van der Waals surface area contributed by atoms with Crippen LogP contribution < -0.4 is 5.46 Å². The molecule has 2 saturated heterocycles. The van der Waals surface area contributed by atoms with Crippen LogP contribution in [0, 0.1) is 5.41 Å². The predicted octanol–water partition coefficient (Wildman–Crippen LogP) is 3.63. The fraction of sp³-hybridized carbons (Fsp3) is 0.652. The summed E-state index contributed by atoms with van der Waals surface area (Å²) in [5.74, 6) is -2.27. The first-order valence-corrected chi connectivity index (χ1v) is 10.9. The molecule has 0 unspecified atom stereocenters. The average molecular weight is 486 g/mol. The number of halogens is 3. The first-order chi connectivity index (χ1) is 14.7. The van der Waals surface area contributed by atoms with Gasteiger partial charge in [0.05, 0.1) is 29.8 Å². The van der Waals surface area contributed by atoms with E-state index in [9.17, 15) is 22.8 Å². The molecule has 3 aliphatic rings. The van der Waals surface area contributed by atoms with Gasteiger partial charge in [0, 0.05) is 12.8 Å². The van der Waals surface area contributed by atoms with Gasteiger partial charge in [0.2, 0.25) is 5.78 Å². The zero-order chi connectivity index (χ0) is 23.5. The first-order valence-electron chi connectivity index (χ1n) is 10.9. The molecule has 2 heterocycles. The second-order valence-electron chi connectivity index (χ2n) is 10.3. The number of alkyl halides is 3. The third-order valence-corrected chi connectivity index (χ3v) is 7.49. The van der Waals surface area contributed by atoms with Gasteiger partial charge in [-0.3, -0.25) is 9.59 Å². The van der Waals surface area contributed by atoms with Crippen LogP contribution in [0.2, 0.25) is 0 Å². The highest BCUT2D eigenvalue weighted by Gasteiger charge is 2.53. The van der Waals surface area contributed by atoms with Gasteiger partial charge in [0.1, 0.15) is 5.78 Å². The Hall–Kier alpha value is -1.36. The molecule has 1 aromatic rings. The Bertz CT molecular complexity index is 927. The minimum Gasteiger partial charge on any atom is -0.399 e. The van der Waals surface area contributed by atoms with Gasteiger partial charge in [-0.05, 0) is 63.0 Å². The van der Waals surface area contributed by atoms with Gasteiger partial charge in [-0.15, -0.1) is 0 Å². The van der Waals surface area contributed by atoms with Crippen molar-refractivity contribution in [2.45, 2.75) is 76.7 Å².